The third-order valence-electron chi connectivity index (χ3n) is 2.42. The Bertz CT molecular complexity index is 456. The van der Waals surface area contributed by atoms with Gasteiger partial charge in [0.05, 0.1) is 5.69 Å². The van der Waals surface area contributed by atoms with Crippen LogP contribution in [0.25, 0.3) is 0 Å². The third kappa shape index (κ3) is 2.28. The van der Waals surface area contributed by atoms with Crippen molar-refractivity contribution in [2.75, 3.05) is 11.1 Å². The summed E-state index contributed by atoms with van der Waals surface area (Å²) >= 11 is 0. The molecule has 0 amide bonds. The molecule has 16 heavy (non-hydrogen) atoms. The van der Waals surface area contributed by atoms with Gasteiger partial charge in [0, 0.05) is 24.6 Å². The number of anilines is 2. The molecule has 2 rings (SSSR count). The molecular weight excluding hydrogens is 200 g/mol. The third-order valence-corrected chi connectivity index (χ3v) is 2.42. The number of pyridine rings is 2. The Labute approximate surface area is 94.5 Å². The summed E-state index contributed by atoms with van der Waals surface area (Å²) in [5, 5.41) is 3.31. The first kappa shape index (κ1) is 10.4. The Morgan fingerprint density at radius 3 is 2.62 bits per heavy atom. The fourth-order valence-corrected chi connectivity index (χ4v) is 1.51. The van der Waals surface area contributed by atoms with Crippen molar-refractivity contribution in [1.82, 2.24) is 9.97 Å². The molecule has 82 valence electrons. The Kier molecular flexibility index (Phi) is 3.00. The van der Waals surface area contributed by atoms with E-state index in [0.717, 1.165) is 5.69 Å². The molecule has 0 saturated heterocycles. The van der Waals surface area contributed by atoms with Gasteiger partial charge in [-0.1, -0.05) is 0 Å². The van der Waals surface area contributed by atoms with Crippen molar-refractivity contribution in [1.29, 1.82) is 0 Å². The molecule has 2 aromatic heterocycles. The number of aromatic nitrogens is 2. The van der Waals surface area contributed by atoms with Crippen LogP contribution >= 0.6 is 0 Å². The van der Waals surface area contributed by atoms with Crippen molar-refractivity contribution in [2.24, 2.45) is 0 Å². The molecule has 4 nitrogen and oxygen atoms in total. The molecule has 0 aliphatic heterocycles. The molecule has 0 bridgehead atoms. The maximum atomic E-state index is 5.76. The highest BCUT2D eigenvalue weighted by molar-refractivity contribution is 5.61. The topological polar surface area (TPSA) is 63.8 Å². The lowest BCUT2D eigenvalue weighted by Gasteiger charge is -2.16. The van der Waals surface area contributed by atoms with Crippen LogP contribution in [-0.2, 0) is 0 Å². The molecule has 2 heterocycles. The van der Waals surface area contributed by atoms with E-state index in [-0.39, 0.29) is 6.04 Å². The Morgan fingerprint density at radius 1 is 1.19 bits per heavy atom. The summed E-state index contributed by atoms with van der Waals surface area (Å²) < 4.78 is 0. The highest BCUT2D eigenvalue weighted by Crippen LogP contribution is 2.21. The first-order valence-electron chi connectivity index (χ1n) is 5.14. The second-order valence-electron chi connectivity index (χ2n) is 3.58. The van der Waals surface area contributed by atoms with Crippen molar-refractivity contribution in [3.63, 3.8) is 0 Å². The lowest BCUT2D eigenvalue weighted by molar-refractivity contribution is 0.880. The standard InChI is InChI=1S/C12H14N4/c1-9(10-4-7-14-8-5-10)16-11-3-2-6-15-12(11)13/h2-9,16H,1H3,(H2,13,15). The van der Waals surface area contributed by atoms with Crippen molar-refractivity contribution >= 4 is 11.5 Å². The SMILES string of the molecule is CC(Nc1cccnc1N)c1ccncc1. The van der Waals surface area contributed by atoms with Crippen molar-refractivity contribution in [3.05, 3.63) is 48.4 Å². The van der Waals surface area contributed by atoms with Gasteiger partial charge in [0.25, 0.3) is 0 Å². The fraction of sp³-hybridized carbons (Fsp3) is 0.167. The van der Waals surface area contributed by atoms with Crippen LogP contribution < -0.4 is 11.1 Å². The smallest absolute Gasteiger partial charge is 0.146 e. The predicted molar refractivity (Wildman–Crippen MR) is 64.9 cm³/mol. The number of nitrogens with two attached hydrogens (primary N) is 1. The number of hydrogen-bond acceptors (Lipinski definition) is 4. The lowest BCUT2D eigenvalue weighted by atomic mass is 10.1. The maximum absolute atomic E-state index is 5.76. The van der Waals surface area contributed by atoms with Crippen LogP contribution in [0.5, 0.6) is 0 Å². The number of rotatable bonds is 3. The lowest BCUT2D eigenvalue weighted by Crippen LogP contribution is -2.08. The van der Waals surface area contributed by atoms with E-state index in [0.29, 0.717) is 5.82 Å². The highest BCUT2D eigenvalue weighted by atomic mass is 15.0. The molecule has 0 fully saturated rings. The molecule has 4 heteroatoms. The summed E-state index contributed by atoms with van der Waals surface area (Å²) in [6.07, 6.45) is 5.23. The number of nitrogen functional groups attached to an aromatic ring is 1. The largest absolute Gasteiger partial charge is 0.382 e. The first-order valence-corrected chi connectivity index (χ1v) is 5.14. The van der Waals surface area contributed by atoms with E-state index in [1.165, 1.54) is 5.56 Å². The summed E-state index contributed by atoms with van der Waals surface area (Å²) in [6.45, 7) is 2.07. The summed E-state index contributed by atoms with van der Waals surface area (Å²) in [6, 6.07) is 7.90. The van der Waals surface area contributed by atoms with Gasteiger partial charge in [0.15, 0.2) is 0 Å². The van der Waals surface area contributed by atoms with E-state index < -0.39 is 0 Å². The zero-order chi connectivity index (χ0) is 11.4. The molecule has 0 saturated carbocycles. The Balaban J connectivity index is 2.14. The van der Waals surface area contributed by atoms with E-state index in [1.54, 1.807) is 18.6 Å². The molecular formula is C12H14N4. The monoisotopic (exact) mass is 214 g/mol. The van der Waals surface area contributed by atoms with Gasteiger partial charge in [0.2, 0.25) is 0 Å². The Morgan fingerprint density at radius 2 is 1.94 bits per heavy atom. The molecule has 0 radical (unpaired) electrons. The van der Waals surface area contributed by atoms with Gasteiger partial charge in [-0.25, -0.2) is 4.98 Å². The molecule has 0 aliphatic rings. The van der Waals surface area contributed by atoms with E-state index in [1.807, 2.05) is 24.3 Å². The van der Waals surface area contributed by atoms with Crippen LogP contribution in [0, 0.1) is 0 Å². The minimum atomic E-state index is 0.175. The fourth-order valence-electron chi connectivity index (χ4n) is 1.51. The van der Waals surface area contributed by atoms with Gasteiger partial charge in [-0.2, -0.15) is 0 Å². The zero-order valence-electron chi connectivity index (χ0n) is 9.09. The second-order valence-corrected chi connectivity index (χ2v) is 3.58. The average molecular weight is 214 g/mol. The van der Waals surface area contributed by atoms with Crippen LogP contribution in [0.4, 0.5) is 11.5 Å². The number of nitrogens with one attached hydrogen (secondary N) is 1. The minimum absolute atomic E-state index is 0.175. The van der Waals surface area contributed by atoms with Gasteiger partial charge in [-0.15, -0.1) is 0 Å². The van der Waals surface area contributed by atoms with Gasteiger partial charge in [-0.3, -0.25) is 4.98 Å². The van der Waals surface area contributed by atoms with E-state index in [2.05, 4.69) is 22.2 Å². The molecule has 0 aliphatic carbocycles. The number of hydrogen-bond donors (Lipinski definition) is 2. The Hall–Kier alpha value is -2.10. The summed E-state index contributed by atoms with van der Waals surface area (Å²) in [4.78, 5) is 8.02. The average Bonchev–Trinajstić information content (AvgIpc) is 2.33. The second kappa shape index (κ2) is 4.61. The van der Waals surface area contributed by atoms with Crippen LogP contribution in [0.15, 0.2) is 42.9 Å². The molecule has 1 unspecified atom stereocenters. The van der Waals surface area contributed by atoms with E-state index in [4.69, 9.17) is 5.73 Å². The van der Waals surface area contributed by atoms with Crippen molar-refractivity contribution in [3.8, 4) is 0 Å². The van der Waals surface area contributed by atoms with Crippen LogP contribution in [-0.4, -0.2) is 9.97 Å². The van der Waals surface area contributed by atoms with Gasteiger partial charge < -0.3 is 11.1 Å². The molecule has 3 N–H and O–H groups in total. The highest BCUT2D eigenvalue weighted by Gasteiger charge is 2.06. The van der Waals surface area contributed by atoms with Crippen LogP contribution in [0.2, 0.25) is 0 Å². The van der Waals surface area contributed by atoms with E-state index in [9.17, 15) is 0 Å². The van der Waals surface area contributed by atoms with Gasteiger partial charge >= 0.3 is 0 Å². The van der Waals surface area contributed by atoms with Gasteiger partial charge in [0.1, 0.15) is 5.82 Å². The maximum Gasteiger partial charge on any atom is 0.146 e. The zero-order valence-corrected chi connectivity index (χ0v) is 9.09. The van der Waals surface area contributed by atoms with Crippen LogP contribution in [0.3, 0.4) is 0 Å². The quantitative estimate of drug-likeness (QED) is 0.822. The van der Waals surface area contributed by atoms with E-state index >= 15 is 0 Å². The molecule has 1 atom stereocenters. The van der Waals surface area contributed by atoms with Crippen molar-refractivity contribution in [2.45, 2.75) is 13.0 Å². The first-order chi connectivity index (χ1) is 7.77. The molecule has 0 aromatic carbocycles. The number of nitrogens with zero attached hydrogens (tertiary/aromatic N) is 2. The summed E-state index contributed by atoms with van der Waals surface area (Å²) in [5.74, 6) is 0.517. The predicted octanol–water partition coefficient (Wildman–Crippen LogP) is 2.23. The van der Waals surface area contributed by atoms with Crippen LogP contribution in [0.1, 0.15) is 18.5 Å². The molecule has 0 spiro atoms. The molecule has 2 aromatic rings. The van der Waals surface area contributed by atoms with Crippen molar-refractivity contribution < 1.29 is 0 Å². The van der Waals surface area contributed by atoms with Gasteiger partial charge in [-0.05, 0) is 36.8 Å². The minimum Gasteiger partial charge on any atom is -0.382 e. The summed E-state index contributed by atoms with van der Waals surface area (Å²) in [7, 11) is 0. The normalized spacial score (nSPS) is 12.1. The summed E-state index contributed by atoms with van der Waals surface area (Å²) in [5.41, 5.74) is 7.78.